The molecule has 0 fully saturated rings. The predicted octanol–water partition coefficient (Wildman–Crippen LogP) is 3.96. The topological polar surface area (TPSA) is 70.1 Å². The zero-order valence-corrected chi connectivity index (χ0v) is 13.3. The third kappa shape index (κ3) is 2.44. The lowest BCUT2D eigenvalue weighted by Crippen LogP contribution is -1.98. The van der Waals surface area contributed by atoms with Crippen molar-refractivity contribution in [2.75, 3.05) is 0 Å². The molecule has 0 aliphatic rings. The normalized spacial score (nSPS) is 11.9. The highest BCUT2D eigenvalue weighted by molar-refractivity contribution is 7.85. The molecule has 1 heterocycles. The van der Waals surface area contributed by atoms with E-state index in [1.165, 1.54) is 12.1 Å². The molecule has 0 unspecified atom stereocenters. The van der Waals surface area contributed by atoms with Crippen molar-refractivity contribution in [3.05, 3.63) is 72.8 Å². The molecule has 0 atom stereocenters. The summed E-state index contributed by atoms with van der Waals surface area (Å²) in [5.74, 6) is 0. The monoisotopic (exact) mass is 334 g/mol. The maximum absolute atomic E-state index is 11.1. The van der Waals surface area contributed by atoms with Gasteiger partial charge in [0.2, 0.25) is 0 Å². The van der Waals surface area contributed by atoms with Crippen LogP contribution in [0.25, 0.3) is 32.9 Å². The molecular weight excluding hydrogens is 322 g/mol. The summed E-state index contributed by atoms with van der Waals surface area (Å²) in [6, 6.07) is 21.7. The molecule has 4 nitrogen and oxygen atoms in total. The zero-order chi connectivity index (χ0) is 16.7. The maximum atomic E-state index is 11.1. The minimum Gasteiger partial charge on any atom is -0.744 e. The molecule has 5 heteroatoms. The zero-order valence-electron chi connectivity index (χ0n) is 12.5. The van der Waals surface area contributed by atoms with E-state index in [0.717, 1.165) is 32.9 Å². The number of benzene rings is 3. The largest absolute Gasteiger partial charge is 0.744 e. The second-order valence-corrected chi connectivity index (χ2v) is 6.88. The van der Waals surface area contributed by atoms with Crippen LogP contribution in [0.5, 0.6) is 0 Å². The van der Waals surface area contributed by atoms with Gasteiger partial charge in [0.25, 0.3) is 0 Å². The van der Waals surface area contributed by atoms with Gasteiger partial charge in [0.15, 0.2) is 0 Å². The molecule has 118 valence electrons. The van der Waals surface area contributed by atoms with Gasteiger partial charge in [0.05, 0.1) is 16.1 Å². The molecule has 0 N–H and O–H groups in total. The highest BCUT2D eigenvalue weighted by Gasteiger charge is 2.10. The summed E-state index contributed by atoms with van der Waals surface area (Å²) >= 11 is 0. The molecule has 0 amide bonds. The van der Waals surface area contributed by atoms with E-state index in [1.807, 2.05) is 48.5 Å². The van der Waals surface area contributed by atoms with Crippen molar-refractivity contribution in [1.29, 1.82) is 0 Å². The average molecular weight is 334 g/mol. The SMILES string of the molecule is O=S(=O)([O-])c1ccc(-c2nc3ccccc3c3ccccc23)cc1. The van der Waals surface area contributed by atoms with Crippen molar-refractivity contribution in [3.63, 3.8) is 0 Å². The molecule has 1 aromatic heterocycles. The molecule has 0 aliphatic heterocycles. The number of pyridine rings is 1. The second-order valence-electron chi connectivity index (χ2n) is 5.50. The summed E-state index contributed by atoms with van der Waals surface area (Å²) in [7, 11) is -4.45. The van der Waals surface area contributed by atoms with E-state index in [2.05, 4.69) is 0 Å². The first-order valence-corrected chi connectivity index (χ1v) is 8.79. The van der Waals surface area contributed by atoms with E-state index < -0.39 is 10.1 Å². The van der Waals surface area contributed by atoms with Crippen LogP contribution in [0, 0.1) is 0 Å². The number of fused-ring (bicyclic) bond motifs is 3. The van der Waals surface area contributed by atoms with Crippen molar-refractivity contribution in [3.8, 4) is 11.3 Å². The van der Waals surface area contributed by atoms with E-state index in [-0.39, 0.29) is 4.90 Å². The smallest absolute Gasteiger partial charge is 0.124 e. The Morgan fingerprint density at radius 3 is 1.96 bits per heavy atom. The Bertz CT molecular complexity index is 1170. The van der Waals surface area contributed by atoms with Gasteiger partial charge in [-0.25, -0.2) is 13.4 Å². The minimum absolute atomic E-state index is 0.239. The Labute approximate surface area is 139 Å². The molecule has 4 aromatic rings. The number of para-hydroxylation sites is 1. The quantitative estimate of drug-likeness (QED) is 0.411. The first kappa shape index (κ1) is 14.8. The van der Waals surface area contributed by atoms with E-state index in [0.29, 0.717) is 0 Å². The maximum Gasteiger partial charge on any atom is 0.124 e. The van der Waals surface area contributed by atoms with E-state index in [1.54, 1.807) is 12.1 Å². The molecule has 0 spiro atoms. The van der Waals surface area contributed by atoms with Gasteiger partial charge >= 0.3 is 0 Å². The Morgan fingerprint density at radius 2 is 1.29 bits per heavy atom. The molecule has 4 rings (SSSR count). The van der Waals surface area contributed by atoms with E-state index in [4.69, 9.17) is 4.98 Å². The third-order valence-corrected chi connectivity index (χ3v) is 4.87. The summed E-state index contributed by atoms with van der Waals surface area (Å²) < 4.78 is 33.3. The fourth-order valence-electron chi connectivity index (χ4n) is 2.90. The number of hydrogen-bond acceptors (Lipinski definition) is 4. The molecule has 0 radical (unpaired) electrons. The van der Waals surface area contributed by atoms with Gasteiger partial charge in [-0.3, -0.25) is 0 Å². The van der Waals surface area contributed by atoms with Gasteiger partial charge in [0.1, 0.15) is 10.1 Å². The van der Waals surface area contributed by atoms with Crippen LogP contribution in [-0.2, 0) is 10.1 Å². The van der Waals surface area contributed by atoms with Crippen LogP contribution < -0.4 is 0 Å². The third-order valence-electron chi connectivity index (χ3n) is 4.03. The van der Waals surface area contributed by atoms with Crippen molar-refractivity contribution in [1.82, 2.24) is 4.98 Å². The standard InChI is InChI=1S/C19H13NO3S/c21-24(22,23)14-11-9-13(10-12-14)19-17-7-2-1-5-15(17)16-6-3-4-8-18(16)20-19/h1-12H,(H,21,22,23)/p-1. The lowest BCUT2D eigenvalue weighted by Gasteiger charge is -2.11. The van der Waals surface area contributed by atoms with Crippen LogP contribution in [0.15, 0.2) is 77.7 Å². The van der Waals surface area contributed by atoms with Crippen LogP contribution >= 0.6 is 0 Å². The number of aromatic nitrogens is 1. The number of nitrogens with zero attached hydrogens (tertiary/aromatic N) is 1. The summed E-state index contributed by atoms with van der Waals surface area (Å²) in [6.07, 6.45) is 0. The van der Waals surface area contributed by atoms with Gasteiger partial charge in [-0.15, -0.1) is 0 Å². The van der Waals surface area contributed by atoms with Crippen LogP contribution in [-0.4, -0.2) is 18.0 Å². The van der Waals surface area contributed by atoms with E-state index >= 15 is 0 Å². The summed E-state index contributed by atoms with van der Waals surface area (Å²) in [5.41, 5.74) is 2.40. The molecule has 24 heavy (non-hydrogen) atoms. The van der Waals surface area contributed by atoms with Gasteiger partial charge in [-0.2, -0.15) is 0 Å². The lowest BCUT2D eigenvalue weighted by molar-refractivity contribution is 0.463. The van der Waals surface area contributed by atoms with Crippen LogP contribution in [0.1, 0.15) is 0 Å². The summed E-state index contributed by atoms with van der Waals surface area (Å²) in [6.45, 7) is 0. The highest BCUT2D eigenvalue weighted by atomic mass is 32.2. The number of hydrogen-bond donors (Lipinski definition) is 0. The average Bonchev–Trinajstić information content (AvgIpc) is 2.60. The molecular formula is C19H12NO3S-. The Balaban J connectivity index is 2.02. The first-order valence-electron chi connectivity index (χ1n) is 7.38. The molecule has 3 aromatic carbocycles. The van der Waals surface area contributed by atoms with Gasteiger partial charge in [0, 0.05) is 16.3 Å². The second kappa shape index (κ2) is 5.40. The highest BCUT2D eigenvalue weighted by Crippen LogP contribution is 2.32. The Morgan fingerprint density at radius 1 is 0.708 bits per heavy atom. The van der Waals surface area contributed by atoms with Gasteiger partial charge in [-0.05, 0) is 23.6 Å². The lowest BCUT2D eigenvalue weighted by atomic mass is 10.0. The summed E-state index contributed by atoms with van der Waals surface area (Å²) in [5, 5.41) is 3.13. The molecule has 0 saturated carbocycles. The van der Waals surface area contributed by atoms with Crippen LogP contribution in [0.2, 0.25) is 0 Å². The van der Waals surface area contributed by atoms with Crippen molar-refractivity contribution < 1.29 is 13.0 Å². The molecule has 0 saturated heterocycles. The minimum atomic E-state index is -4.45. The predicted molar refractivity (Wildman–Crippen MR) is 92.6 cm³/mol. The van der Waals surface area contributed by atoms with Crippen molar-refractivity contribution in [2.24, 2.45) is 0 Å². The molecule has 0 bridgehead atoms. The van der Waals surface area contributed by atoms with Gasteiger partial charge < -0.3 is 4.55 Å². The molecule has 0 aliphatic carbocycles. The van der Waals surface area contributed by atoms with E-state index in [9.17, 15) is 13.0 Å². The fraction of sp³-hybridized carbons (Fsp3) is 0. The Hall–Kier alpha value is -2.76. The van der Waals surface area contributed by atoms with Crippen LogP contribution in [0.4, 0.5) is 0 Å². The van der Waals surface area contributed by atoms with Gasteiger partial charge in [-0.1, -0.05) is 54.6 Å². The van der Waals surface area contributed by atoms with Crippen LogP contribution in [0.3, 0.4) is 0 Å². The fourth-order valence-corrected chi connectivity index (χ4v) is 3.37. The van der Waals surface area contributed by atoms with Crippen molar-refractivity contribution >= 4 is 31.8 Å². The Kier molecular flexibility index (Phi) is 3.33. The van der Waals surface area contributed by atoms with Crippen molar-refractivity contribution in [2.45, 2.75) is 4.90 Å². The first-order chi connectivity index (χ1) is 11.5. The number of rotatable bonds is 2. The summed E-state index contributed by atoms with van der Waals surface area (Å²) in [4.78, 5) is 4.50.